The highest BCUT2D eigenvalue weighted by Crippen LogP contribution is 2.34. The lowest BCUT2D eigenvalue weighted by atomic mass is 10.9. The molecule has 0 saturated carbocycles. The summed E-state index contributed by atoms with van der Waals surface area (Å²) in [5.74, 6) is 0.148. The van der Waals surface area contributed by atoms with Gasteiger partial charge in [-0.05, 0) is 17.3 Å². The van der Waals surface area contributed by atoms with E-state index >= 15 is 0 Å². The standard InChI is InChI=1S/C4H14N7S2/c1-9-12(5,6)4-3-11-13(7,8)10-2/h1-2,4-8H2/q+1. The van der Waals surface area contributed by atoms with Crippen LogP contribution >= 0.6 is 21.4 Å². The minimum Gasteiger partial charge on any atom is -0.266 e. The summed E-state index contributed by atoms with van der Waals surface area (Å²) in [7, 11) is -4.48. The highest BCUT2D eigenvalue weighted by Gasteiger charge is 2.19. The first-order chi connectivity index (χ1) is 5.83. The average Bonchev–Trinajstić information content (AvgIpc) is 2.04. The van der Waals surface area contributed by atoms with Gasteiger partial charge in [0.2, 0.25) is 0 Å². The van der Waals surface area contributed by atoms with Gasteiger partial charge in [0, 0.05) is 11.0 Å². The molecule has 0 aromatic rings. The van der Waals surface area contributed by atoms with E-state index in [0.717, 1.165) is 0 Å². The molecule has 0 aromatic carbocycles. The van der Waals surface area contributed by atoms with Gasteiger partial charge in [-0.2, -0.15) is 14.7 Å². The van der Waals surface area contributed by atoms with Crippen LogP contribution in [0.1, 0.15) is 0 Å². The lowest BCUT2D eigenvalue weighted by Gasteiger charge is -2.18. The smallest absolute Gasteiger partial charge is 0.266 e. The molecule has 0 atom stereocenters. The third-order valence-electron chi connectivity index (χ3n) is 0.954. The molecule has 7 nitrogen and oxygen atoms in total. The summed E-state index contributed by atoms with van der Waals surface area (Å²) < 4.78 is 10.6. The molecule has 0 heterocycles. The SMILES string of the molecule is C=NS(N)(N)CC#[N+]S(N)(N)N=C. The third kappa shape index (κ3) is 5.58. The molecule has 0 fully saturated rings. The maximum absolute atomic E-state index is 5.48. The zero-order valence-electron chi connectivity index (χ0n) is 7.09. The molecular weight excluding hydrogens is 210 g/mol. The molecule has 0 aliphatic rings. The minimum atomic E-state index is -2.38. The topological polar surface area (TPSA) is 133 Å². The van der Waals surface area contributed by atoms with Gasteiger partial charge in [0.05, 0.1) is 0 Å². The molecule has 0 rings (SSSR count). The fourth-order valence-corrected chi connectivity index (χ4v) is 1.08. The van der Waals surface area contributed by atoms with Gasteiger partial charge in [-0.1, -0.05) is 0 Å². The van der Waals surface area contributed by atoms with E-state index in [1.54, 1.807) is 0 Å². The summed E-state index contributed by atoms with van der Waals surface area (Å²) in [6.45, 7) is 6.41. The molecule has 0 unspecified atom stereocenters. The van der Waals surface area contributed by atoms with Crippen LogP contribution in [-0.4, -0.2) is 19.2 Å². The van der Waals surface area contributed by atoms with Crippen molar-refractivity contribution in [2.24, 2.45) is 29.4 Å². The first kappa shape index (κ1) is 12.4. The van der Waals surface area contributed by atoms with Crippen molar-refractivity contribution >= 4 is 34.8 Å². The largest absolute Gasteiger partial charge is 0.310 e. The highest BCUT2D eigenvalue weighted by molar-refractivity contribution is 8.31. The minimum absolute atomic E-state index is 0.148. The Kier molecular flexibility index (Phi) is 4.34. The first-order valence-electron chi connectivity index (χ1n) is 2.99. The van der Waals surface area contributed by atoms with E-state index in [-0.39, 0.29) is 5.75 Å². The van der Waals surface area contributed by atoms with Gasteiger partial charge in [0.1, 0.15) is 0 Å². The zero-order chi connectivity index (χ0) is 10.5. The Morgan fingerprint density at radius 1 is 1.15 bits per heavy atom. The van der Waals surface area contributed by atoms with Crippen LogP contribution in [-0.2, 0) is 0 Å². The summed E-state index contributed by atoms with van der Waals surface area (Å²) in [4.78, 5) is 0. The summed E-state index contributed by atoms with van der Waals surface area (Å²) in [5.41, 5.74) is 0. The molecule has 76 valence electrons. The summed E-state index contributed by atoms with van der Waals surface area (Å²) in [6.07, 6.45) is 0. The van der Waals surface area contributed by atoms with E-state index in [9.17, 15) is 0 Å². The Labute approximate surface area is 80.7 Å². The van der Waals surface area contributed by atoms with Gasteiger partial charge < -0.3 is 0 Å². The van der Waals surface area contributed by atoms with Crippen LogP contribution in [0.25, 0.3) is 4.25 Å². The molecule has 0 saturated heterocycles. The molecule has 0 bridgehead atoms. The second-order valence-electron chi connectivity index (χ2n) is 2.10. The van der Waals surface area contributed by atoms with Crippen LogP contribution in [0.3, 0.4) is 0 Å². The van der Waals surface area contributed by atoms with Crippen LogP contribution in [0.2, 0.25) is 0 Å². The molecule has 8 N–H and O–H groups in total. The summed E-state index contributed by atoms with van der Waals surface area (Å²) in [6, 6.07) is 2.50. The molecule has 0 aliphatic carbocycles. The van der Waals surface area contributed by atoms with E-state index < -0.39 is 21.4 Å². The quantitative estimate of drug-likeness (QED) is 0.484. The Morgan fingerprint density at radius 3 is 2.08 bits per heavy atom. The predicted molar refractivity (Wildman–Crippen MR) is 63.1 cm³/mol. The highest BCUT2D eigenvalue weighted by atomic mass is 32.3. The van der Waals surface area contributed by atoms with Gasteiger partial charge in [-0.15, -0.1) is 0 Å². The van der Waals surface area contributed by atoms with Crippen molar-refractivity contribution in [3.05, 3.63) is 4.25 Å². The number of hydrogen-bond acceptors (Lipinski definition) is 6. The van der Waals surface area contributed by atoms with Gasteiger partial charge in [0.15, 0.2) is 5.75 Å². The van der Waals surface area contributed by atoms with Gasteiger partial charge in [0.25, 0.3) is 0 Å². The Hall–Kier alpha value is -0.630. The Morgan fingerprint density at radius 2 is 1.69 bits per heavy atom. The van der Waals surface area contributed by atoms with Crippen molar-refractivity contribution in [3.8, 4) is 6.07 Å². The molecule has 0 radical (unpaired) electrons. The monoisotopic (exact) mass is 224 g/mol. The van der Waals surface area contributed by atoms with Crippen molar-refractivity contribution in [2.45, 2.75) is 0 Å². The number of hydrogen-bond donors (Lipinski definition) is 4. The molecule has 9 heteroatoms. The fraction of sp³-hybridized carbons (Fsp3) is 0.250. The van der Waals surface area contributed by atoms with E-state index in [4.69, 9.17) is 20.6 Å². The maximum Gasteiger partial charge on any atom is 0.310 e. The van der Waals surface area contributed by atoms with E-state index in [2.05, 4.69) is 32.5 Å². The summed E-state index contributed by atoms with van der Waals surface area (Å²) >= 11 is 0. The molecule has 0 amide bonds. The van der Waals surface area contributed by atoms with E-state index in [1.165, 1.54) is 0 Å². The van der Waals surface area contributed by atoms with Crippen LogP contribution in [0.15, 0.2) is 8.80 Å². The number of nitrogens with zero attached hydrogens (tertiary/aromatic N) is 3. The predicted octanol–water partition coefficient (Wildman–Crippen LogP) is -0.430. The van der Waals surface area contributed by atoms with Crippen molar-refractivity contribution < 1.29 is 0 Å². The van der Waals surface area contributed by atoms with Gasteiger partial charge >= 0.3 is 16.8 Å². The van der Waals surface area contributed by atoms with Crippen LogP contribution in [0, 0.1) is 6.07 Å². The molecule has 13 heavy (non-hydrogen) atoms. The first-order valence-corrected chi connectivity index (χ1v) is 6.55. The molecule has 0 aromatic heterocycles. The lowest BCUT2D eigenvalue weighted by molar-refractivity contribution is 1.60. The molecule has 0 spiro atoms. The van der Waals surface area contributed by atoms with Crippen molar-refractivity contribution in [1.82, 2.24) is 0 Å². The van der Waals surface area contributed by atoms with E-state index in [0.29, 0.717) is 0 Å². The van der Waals surface area contributed by atoms with Crippen molar-refractivity contribution in [3.63, 3.8) is 0 Å². The van der Waals surface area contributed by atoms with Crippen molar-refractivity contribution in [2.75, 3.05) is 5.75 Å². The summed E-state index contributed by atoms with van der Waals surface area (Å²) in [5, 5.41) is 21.7. The normalized spacial score (nSPS) is 13.8. The van der Waals surface area contributed by atoms with Crippen LogP contribution in [0.5, 0.6) is 0 Å². The van der Waals surface area contributed by atoms with Crippen LogP contribution < -0.4 is 20.6 Å². The Bertz CT molecular complexity index is 261. The lowest BCUT2D eigenvalue weighted by Crippen LogP contribution is -2.20. The maximum atomic E-state index is 5.48. The van der Waals surface area contributed by atoms with Crippen LogP contribution in [0.4, 0.5) is 0 Å². The average molecular weight is 224 g/mol. The second kappa shape index (κ2) is 4.56. The Balaban J connectivity index is 4.30. The zero-order valence-corrected chi connectivity index (χ0v) is 8.72. The third-order valence-corrected chi connectivity index (χ3v) is 2.86. The second-order valence-corrected chi connectivity index (χ2v) is 5.99. The molecule has 0 aliphatic heterocycles. The number of rotatable bonds is 3. The fourth-order valence-electron chi connectivity index (χ4n) is 0.308. The molecular formula is C4H14N7S2+. The van der Waals surface area contributed by atoms with Gasteiger partial charge in [-0.25, -0.2) is 4.40 Å². The van der Waals surface area contributed by atoms with E-state index in [1.807, 2.05) is 0 Å². The van der Waals surface area contributed by atoms with Crippen molar-refractivity contribution in [1.29, 1.82) is 0 Å². The van der Waals surface area contributed by atoms with Gasteiger partial charge in [-0.3, -0.25) is 10.3 Å². The number of nitrogens with two attached hydrogens (primary N) is 4.